The second kappa shape index (κ2) is 6.11. The van der Waals surface area contributed by atoms with Crippen molar-refractivity contribution in [2.24, 2.45) is 0 Å². The minimum Gasteiger partial charge on any atom is -0.352 e. The lowest BCUT2D eigenvalue weighted by atomic mass is 9.95. The Morgan fingerprint density at radius 2 is 1.79 bits per heavy atom. The van der Waals surface area contributed by atoms with E-state index in [-0.39, 0.29) is 11.9 Å². The van der Waals surface area contributed by atoms with Crippen molar-refractivity contribution in [3.63, 3.8) is 0 Å². The number of amides is 1. The zero-order chi connectivity index (χ0) is 13.9. The van der Waals surface area contributed by atoms with Crippen LogP contribution >= 0.6 is 0 Å². The van der Waals surface area contributed by atoms with Gasteiger partial charge in [0.15, 0.2) is 0 Å². The van der Waals surface area contributed by atoms with Crippen LogP contribution in [-0.4, -0.2) is 42.2 Å². The van der Waals surface area contributed by atoms with Crippen LogP contribution in [-0.2, 0) is 4.79 Å². The summed E-state index contributed by atoms with van der Waals surface area (Å²) in [5.41, 5.74) is 0. The minimum absolute atomic E-state index is 0.162. The van der Waals surface area contributed by atoms with Crippen molar-refractivity contribution in [1.82, 2.24) is 10.2 Å². The SMILES string of the molecule is O=C(NC1CCCCC1)[C@H]1CCCN1CC(F)(F)F. The van der Waals surface area contributed by atoms with E-state index in [1.54, 1.807) is 0 Å². The number of hydrogen-bond donors (Lipinski definition) is 1. The van der Waals surface area contributed by atoms with Gasteiger partial charge in [0.1, 0.15) is 0 Å². The highest BCUT2D eigenvalue weighted by atomic mass is 19.4. The number of halogens is 3. The van der Waals surface area contributed by atoms with E-state index in [0.29, 0.717) is 19.4 Å². The third-order valence-electron chi connectivity index (χ3n) is 4.00. The Morgan fingerprint density at radius 3 is 2.42 bits per heavy atom. The van der Waals surface area contributed by atoms with Gasteiger partial charge in [0, 0.05) is 6.04 Å². The summed E-state index contributed by atoms with van der Waals surface area (Å²) in [6.07, 6.45) is 2.27. The van der Waals surface area contributed by atoms with Crippen molar-refractivity contribution in [1.29, 1.82) is 0 Å². The molecule has 1 heterocycles. The van der Waals surface area contributed by atoms with Crippen LogP contribution in [0.15, 0.2) is 0 Å². The monoisotopic (exact) mass is 278 g/mol. The van der Waals surface area contributed by atoms with Gasteiger partial charge in [0.2, 0.25) is 5.91 Å². The third-order valence-corrected chi connectivity index (χ3v) is 4.00. The van der Waals surface area contributed by atoms with E-state index in [2.05, 4.69) is 5.32 Å². The van der Waals surface area contributed by atoms with E-state index < -0.39 is 18.8 Å². The standard InChI is InChI=1S/C13H21F3N2O/c14-13(15,16)9-18-8-4-7-11(18)12(19)17-10-5-2-1-3-6-10/h10-11H,1-9H2,(H,17,19)/t11-/m1/s1. The van der Waals surface area contributed by atoms with Crippen LogP contribution in [0.25, 0.3) is 0 Å². The third kappa shape index (κ3) is 4.37. The maximum atomic E-state index is 12.4. The lowest BCUT2D eigenvalue weighted by molar-refractivity contribution is -0.151. The lowest BCUT2D eigenvalue weighted by Crippen LogP contribution is -2.49. The Kier molecular flexibility index (Phi) is 4.71. The Morgan fingerprint density at radius 1 is 1.11 bits per heavy atom. The molecule has 0 radical (unpaired) electrons. The van der Waals surface area contributed by atoms with Gasteiger partial charge in [-0.3, -0.25) is 9.69 Å². The molecular weight excluding hydrogens is 257 g/mol. The highest BCUT2D eigenvalue weighted by Crippen LogP contribution is 2.25. The largest absolute Gasteiger partial charge is 0.401 e. The lowest BCUT2D eigenvalue weighted by Gasteiger charge is -2.28. The smallest absolute Gasteiger partial charge is 0.352 e. The van der Waals surface area contributed by atoms with Gasteiger partial charge < -0.3 is 5.32 Å². The summed E-state index contributed by atoms with van der Waals surface area (Å²) >= 11 is 0. The summed E-state index contributed by atoms with van der Waals surface area (Å²) in [5.74, 6) is -0.214. The van der Waals surface area contributed by atoms with Gasteiger partial charge in [-0.25, -0.2) is 0 Å². The molecular formula is C13H21F3N2O. The Balaban J connectivity index is 1.86. The van der Waals surface area contributed by atoms with Gasteiger partial charge in [-0.05, 0) is 32.2 Å². The van der Waals surface area contributed by atoms with Gasteiger partial charge in [0.05, 0.1) is 12.6 Å². The molecule has 0 bridgehead atoms. The maximum absolute atomic E-state index is 12.4. The molecule has 1 aliphatic carbocycles. The molecule has 6 heteroatoms. The molecule has 0 aromatic rings. The second-order valence-corrected chi connectivity index (χ2v) is 5.59. The molecule has 2 rings (SSSR count). The van der Waals surface area contributed by atoms with Gasteiger partial charge in [-0.15, -0.1) is 0 Å². The molecule has 1 atom stereocenters. The van der Waals surface area contributed by atoms with Crippen molar-refractivity contribution in [2.45, 2.75) is 63.2 Å². The summed E-state index contributed by atoms with van der Waals surface area (Å²) in [4.78, 5) is 13.4. The molecule has 1 N–H and O–H groups in total. The Hall–Kier alpha value is -0.780. The van der Waals surface area contributed by atoms with Crippen molar-refractivity contribution < 1.29 is 18.0 Å². The first-order chi connectivity index (χ1) is 8.96. The fourth-order valence-electron chi connectivity index (χ4n) is 3.09. The second-order valence-electron chi connectivity index (χ2n) is 5.59. The topological polar surface area (TPSA) is 32.3 Å². The van der Waals surface area contributed by atoms with Crippen LogP contribution in [0, 0.1) is 0 Å². The molecule has 2 fully saturated rings. The molecule has 0 aromatic carbocycles. The van der Waals surface area contributed by atoms with E-state index >= 15 is 0 Å². The number of nitrogens with zero attached hydrogens (tertiary/aromatic N) is 1. The van der Waals surface area contributed by atoms with Gasteiger partial charge in [0.25, 0.3) is 0 Å². The van der Waals surface area contributed by atoms with E-state index in [4.69, 9.17) is 0 Å². The zero-order valence-corrected chi connectivity index (χ0v) is 11.0. The van der Waals surface area contributed by atoms with Crippen molar-refractivity contribution >= 4 is 5.91 Å². The summed E-state index contributed by atoms with van der Waals surface area (Å²) in [6.45, 7) is -0.613. The minimum atomic E-state index is -4.23. The molecule has 0 spiro atoms. The van der Waals surface area contributed by atoms with Gasteiger partial charge >= 0.3 is 6.18 Å². The van der Waals surface area contributed by atoms with Crippen LogP contribution in [0.5, 0.6) is 0 Å². The van der Waals surface area contributed by atoms with Crippen LogP contribution in [0.2, 0.25) is 0 Å². The average molecular weight is 278 g/mol. The van der Waals surface area contributed by atoms with Gasteiger partial charge in [-0.1, -0.05) is 19.3 Å². The van der Waals surface area contributed by atoms with Crippen molar-refractivity contribution in [3.8, 4) is 0 Å². The highest BCUT2D eigenvalue weighted by Gasteiger charge is 2.39. The number of likely N-dealkylation sites (tertiary alicyclic amines) is 1. The molecule has 3 nitrogen and oxygen atoms in total. The highest BCUT2D eigenvalue weighted by molar-refractivity contribution is 5.82. The average Bonchev–Trinajstić information content (AvgIpc) is 2.76. The van der Waals surface area contributed by atoms with E-state index in [0.717, 1.165) is 25.7 Å². The van der Waals surface area contributed by atoms with E-state index in [9.17, 15) is 18.0 Å². The molecule has 2 aliphatic rings. The van der Waals surface area contributed by atoms with Crippen LogP contribution in [0.4, 0.5) is 13.2 Å². The fraction of sp³-hybridized carbons (Fsp3) is 0.923. The molecule has 110 valence electrons. The number of nitrogens with one attached hydrogen (secondary N) is 1. The van der Waals surface area contributed by atoms with E-state index in [1.165, 1.54) is 11.3 Å². The summed E-state index contributed by atoms with van der Waals surface area (Å²) in [7, 11) is 0. The zero-order valence-electron chi connectivity index (χ0n) is 11.0. The molecule has 1 saturated carbocycles. The van der Waals surface area contributed by atoms with E-state index in [1.807, 2.05) is 0 Å². The van der Waals surface area contributed by atoms with Crippen LogP contribution in [0.1, 0.15) is 44.9 Å². The Labute approximate surface area is 111 Å². The normalized spacial score (nSPS) is 26.6. The quantitative estimate of drug-likeness (QED) is 0.860. The van der Waals surface area contributed by atoms with Crippen LogP contribution < -0.4 is 5.32 Å². The maximum Gasteiger partial charge on any atom is 0.401 e. The first-order valence-corrected chi connectivity index (χ1v) is 7.07. The van der Waals surface area contributed by atoms with Crippen molar-refractivity contribution in [2.75, 3.05) is 13.1 Å². The molecule has 0 unspecified atom stereocenters. The molecule has 1 aliphatic heterocycles. The fourth-order valence-corrected chi connectivity index (χ4v) is 3.09. The molecule has 0 aromatic heterocycles. The summed E-state index contributed by atoms with van der Waals surface area (Å²) < 4.78 is 37.3. The first kappa shape index (κ1) is 14.6. The molecule has 1 saturated heterocycles. The molecule has 19 heavy (non-hydrogen) atoms. The summed E-state index contributed by atoms with van der Waals surface area (Å²) in [5, 5.41) is 2.93. The number of carbonyl (C=O) groups excluding carboxylic acids is 1. The first-order valence-electron chi connectivity index (χ1n) is 7.07. The number of hydrogen-bond acceptors (Lipinski definition) is 2. The number of carbonyl (C=O) groups is 1. The van der Waals surface area contributed by atoms with Gasteiger partial charge in [-0.2, -0.15) is 13.2 Å². The Bertz CT molecular complexity index is 314. The predicted octanol–water partition coefficient (Wildman–Crippen LogP) is 2.46. The van der Waals surface area contributed by atoms with Crippen molar-refractivity contribution in [3.05, 3.63) is 0 Å². The number of alkyl halides is 3. The molecule has 1 amide bonds. The summed E-state index contributed by atoms with van der Waals surface area (Å²) in [6, 6.07) is -0.432. The number of rotatable bonds is 3. The predicted molar refractivity (Wildman–Crippen MR) is 65.7 cm³/mol. The van der Waals surface area contributed by atoms with Crippen LogP contribution in [0.3, 0.4) is 0 Å².